The van der Waals surface area contributed by atoms with Gasteiger partial charge in [-0.05, 0) is 20.4 Å². The van der Waals surface area contributed by atoms with Crippen LogP contribution in [0.3, 0.4) is 0 Å². The highest BCUT2D eigenvalue weighted by molar-refractivity contribution is 5.97. The molecule has 0 aliphatic carbocycles. The topological polar surface area (TPSA) is 59.4 Å². The van der Waals surface area contributed by atoms with Gasteiger partial charge >= 0.3 is 0 Å². The molecule has 100 valence electrons. The number of amides is 1. The molecule has 1 heterocycles. The van der Waals surface area contributed by atoms with Crippen molar-refractivity contribution in [1.29, 1.82) is 5.26 Å². The Labute approximate surface area is 109 Å². The maximum absolute atomic E-state index is 12.1. The van der Waals surface area contributed by atoms with Crippen LogP contribution in [0.1, 0.15) is 20.3 Å². The molecule has 5 nitrogen and oxygen atoms in total. The van der Waals surface area contributed by atoms with Gasteiger partial charge in [0.2, 0.25) is 0 Å². The van der Waals surface area contributed by atoms with Crippen molar-refractivity contribution in [1.82, 2.24) is 15.1 Å². The molecule has 1 rings (SSSR count). The van der Waals surface area contributed by atoms with Gasteiger partial charge in [0.1, 0.15) is 11.6 Å². The quantitative estimate of drug-likeness (QED) is 0.585. The summed E-state index contributed by atoms with van der Waals surface area (Å²) in [5.74, 6) is -0.165. The average molecular weight is 250 g/mol. The molecule has 1 aliphatic heterocycles. The van der Waals surface area contributed by atoms with E-state index in [1.807, 2.05) is 20.0 Å². The van der Waals surface area contributed by atoms with E-state index >= 15 is 0 Å². The van der Waals surface area contributed by atoms with Crippen molar-refractivity contribution >= 4 is 5.91 Å². The third-order valence-corrected chi connectivity index (χ3v) is 3.27. The summed E-state index contributed by atoms with van der Waals surface area (Å²) in [5, 5.41) is 12.1. The fraction of sp³-hybridized carbons (Fsp3) is 0.692. The summed E-state index contributed by atoms with van der Waals surface area (Å²) in [6.07, 6.45) is 2.51. The highest BCUT2D eigenvalue weighted by atomic mass is 16.2. The van der Waals surface area contributed by atoms with Gasteiger partial charge in [-0.1, -0.05) is 6.92 Å². The van der Waals surface area contributed by atoms with Crippen LogP contribution in [0.4, 0.5) is 0 Å². The fourth-order valence-corrected chi connectivity index (χ4v) is 1.67. The van der Waals surface area contributed by atoms with Gasteiger partial charge in [-0.15, -0.1) is 0 Å². The molecule has 1 aliphatic rings. The van der Waals surface area contributed by atoms with Gasteiger partial charge in [0.05, 0.1) is 0 Å². The molecule has 0 radical (unpaired) electrons. The van der Waals surface area contributed by atoms with E-state index in [1.165, 1.54) is 0 Å². The van der Waals surface area contributed by atoms with Crippen LogP contribution in [-0.4, -0.2) is 55.0 Å². The number of nitrogens with one attached hydrogen (secondary N) is 1. The molecule has 0 aromatic carbocycles. The predicted octanol–water partition coefficient (Wildman–Crippen LogP) is 0.556. The van der Waals surface area contributed by atoms with E-state index in [0.717, 1.165) is 19.5 Å². The summed E-state index contributed by atoms with van der Waals surface area (Å²) in [5.41, 5.74) is 0.194. The monoisotopic (exact) mass is 250 g/mol. The van der Waals surface area contributed by atoms with E-state index in [1.54, 1.807) is 11.1 Å². The molecule has 0 saturated carbocycles. The maximum atomic E-state index is 12.1. The second-order valence-corrected chi connectivity index (χ2v) is 4.74. The lowest BCUT2D eigenvalue weighted by Gasteiger charge is -2.32. The molecule has 1 fully saturated rings. The second-order valence-electron chi connectivity index (χ2n) is 4.74. The zero-order chi connectivity index (χ0) is 13.5. The maximum Gasteiger partial charge on any atom is 0.266 e. The Bertz CT molecular complexity index is 350. The fourth-order valence-electron chi connectivity index (χ4n) is 1.67. The zero-order valence-corrected chi connectivity index (χ0v) is 11.4. The largest absolute Gasteiger partial charge is 0.387 e. The van der Waals surface area contributed by atoms with Gasteiger partial charge in [0.15, 0.2) is 0 Å². The Morgan fingerprint density at radius 3 is 2.56 bits per heavy atom. The highest BCUT2D eigenvalue weighted by Crippen LogP contribution is 2.05. The Balaban J connectivity index is 2.60. The Morgan fingerprint density at radius 2 is 2.06 bits per heavy atom. The van der Waals surface area contributed by atoms with Crippen molar-refractivity contribution in [2.24, 2.45) is 0 Å². The van der Waals surface area contributed by atoms with Gasteiger partial charge in [0, 0.05) is 38.4 Å². The lowest BCUT2D eigenvalue weighted by atomic mass is 10.2. The lowest BCUT2D eigenvalue weighted by Crippen LogP contribution is -2.47. The molecule has 0 aromatic rings. The molecule has 1 unspecified atom stereocenters. The van der Waals surface area contributed by atoms with E-state index in [-0.39, 0.29) is 17.5 Å². The first-order chi connectivity index (χ1) is 8.58. The van der Waals surface area contributed by atoms with Gasteiger partial charge in [-0.2, -0.15) is 5.26 Å². The summed E-state index contributed by atoms with van der Waals surface area (Å²) < 4.78 is 0. The summed E-state index contributed by atoms with van der Waals surface area (Å²) in [6.45, 7) is 7.19. The minimum atomic E-state index is -0.165. The van der Waals surface area contributed by atoms with Crippen molar-refractivity contribution in [3.05, 3.63) is 11.8 Å². The van der Waals surface area contributed by atoms with Crippen LogP contribution >= 0.6 is 0 Å². The SMILES string of the molecule is CCC(C)N/C=C(/C#N)C(=O)N1CCN(C)CC1. The van der Waals surface area contributed by atoms with Gasteiger partial charge in [-0.25, -0.2) is 0 Å². The summed E-state index contributed by atoms with van der Waals surface area (Å²) in [7, 11) is 2.04. The smallest absolute Gasteiger partial charge is 0.266 e. The third kappa shape index (κ3) is 4.04. The lowest BCUT2D eigenvalue weighted by molar-refractivity contribution is -0.128. The van der Waals surface area contributed by atoms with Crippen molar-refractivity contribution in [2.75, 3.05) is 33.2 Å². The minimum Gasteiger partial charge on any atom is -0.387 e. The first kappa shape index (κ1) is 14.5. The zero-order valence-electron chi connectivity index (χ0n) is 11.4. The van der Waals surface area contributed by atoms with Crippen molar-refractivity contribution in [3.63, 3.8) is 0 Å². The van der Waals surface area contributed by atoms with Gasteiger partial charge < -0.3 is 15.1 Å². The van der Waals surface area contributed by atoms with Crippen LogP contribution in [0.25, 0.3) is 0 Å². The van der Waals surface area contributed by atoms with Crippen LogP contribution in [0.15, 0.2) is 11.8 Å². The molecule has 0 spiro atoms. The Morgan fingerprint density at radius 1 is 1.44 bits per heavy atom. The molecule has 0 aromatic heterocycles. The van der Waals surface area contributed by atoms with Crippen molar-refractivity contribution in [2.45, 2.75) is 26.3 Å². The number of piperazine rings is 1. The molecule has 5 heteroatoms. The Kier molecular flexibility index (Phi) is 5.66. The van der Waals surface area contributed by atoms with Gasteiger partial charge in [0.25, 0.3) is 5.91 Å². The molecule has 1 atom stereocenters. The average Bonchev–Trinajstić information content (AvgIpc) is 2.39. The number of nitriles is 1. The number of carbonyl (C=O) groups excluding carboxylic acids is 1. The summed E-state index contributed by atoms with van der Waals surface area (Å²) in [4.78, 5) is 16.0. The van der Waals surface area contributed by atoms with Crippen LogP contribution in [0.5, 0.6) is 0 Å². The summed E-state index contributed by atoms with van der Waals surface area (Å²) in [6, 6.07) is 2.26. The molecule has 1 amide bonds. The van der Waals surface area contributed by atoms with Gasteiger partial charge in [-0.3, -0.25) is 4.79 Å². The second kappa shape index (κ2) is 7.02. The normalized spacial score (nSPS) is 19.2. The molecular weight excluding hydrogens is 228 g/mol. The number of nitrogens with zero attached hydrogens (tertiary/aromatic N) is 3. The minimum absolute atomic E-state index is 0.165. The molecular formula is C13H22N4O. The third-order valence-electron chi connectivity index (χ3n) is 3.27. The highest BCUT2D eigenvalue weighted by Gasteiger charge is 2.22. The van der Waals surface area contributed by atoms with Crippen LogP contribution in [0, 0.1) is 11.3 Å². The first-order valence-electron chi connectivity index (χ1n) is 6.42. The molecule has 1 saturated heterocycles. The van der Waals surface area contributed by atoms with E-state index in [9.17, 15) is 4.79 Å². The molecule has 0 bridgehead atoms. The first-order valence-corrected chi connectivity index (χ1v) is 6.42. The summed E-state index contributed by atoms with van der Waals surface area (Å²) >= 11 is 0. The van der Waals surface area contributed by atoms with E-state index in [2.05, 4.69) is 17.1 Å². The van der Waals surface area contributed by atoms with Crippen LogP contribution in [-0.2, 0) is 4.79 Å². The number of hydrogen-bond acceptors (Lipinski definition) is 4. The van der Waals surface area contributed by atoms with Crippen molar-refractivity contribution < 1.29 is 4.79 Å². The number of rotatable bonds is 4. The van der Waals surface area contributed by atoms with E-state index < -0.39 is 0 Å². The van der Waals surface area contributed by atoms with E-state index in [4.69, 9.17) is 5.26 Å². The Hall–Kier alpha value is -1.54. The van der Waals surface area contributed by atoms with E-state index in [0.29, 0.717) is 13.1 Å². The number of likely N-dealkylation sites (N-methyl/N-ethyl adjacent to an activating group) is 1. The molecule has 1 N–H and O–H groups in total. The number of hydrogen-bond donors (Lipinski definition) is 1. The molecule has 18 heavy (non-hydrogen) atoms. The number of carbonyl (C=O) groups is 1. The van der Waals surface area contributed by atoms with Crippen LogP contribution < -0.4 is 5.32 Å². The van der Waals surface area contributed by atoms with Crippen molar-refractivity contribution in [3.8, 4) is 6.07 Å². The van der Waals surface area contributed by atoms with Crippen LogP contribution in [0.2, 0.25) is 0 Å². The predicted molar refractivity (Wildman–Crippen MR) is 70.7 cm³/mol. The standard InChI is InChI=1S/C13H22N4O/c1-4-11(2)15-10-12(9-14)13(18)17-7-5-16(3)6-8-17/h10-11,15H,4-8H2,1-3H3/b12-10-.